The Labute approximate surface area is 104 Å². The first kappa shape index (κ1) is 15.9. The highest BCUT2D eigenvalue weighted by Crippen LogP contribution is 2.13. The Morgan fingerprint density at radius 1 is 1.06 bits per heavy atom. The molecular formula is C13H25NO3. The van der Waals surface area contributed by atoms with Gasteiger partial charge in [0.05, 0.1) is 5.92 Å². The molecule has 0 saturated heterocycles. The Bertz CT molecular complexity index is 235. The molecule has 1 atom stereocenters. The van der Waals surface area contributed by atoms with E-state index < -0.39 is 11.9 Å². The number of hydrogen-bond donors (Lipinski definition) is 2. The number of amides is 1. The molecule has 4 heteroatoms. The smallest absolute Gasteiger partial charge is 0.308 e. The highest BCUT2D eigenvalue weighted by atomic mass is 16.4. The molecule has 100 valence electrons. The van der Waals surface area contributed by atoms with Gasteiger partial charge < -0.3 is 10.4 Å². The molecule has 17 heavy (non-hydrogen) atoms. The molecule has 4 nitrogen and oxygen atoms in total. The molecule has 0 aromatic carbocycles. The molecule has 0 aromatic heterocycles. The van der Waals surface area contributed by atoms with E-state index >= 15 is 0 Å². The Kier molecular flexibility index (Phi) is 8.46. The molecule has 0 aromatic rings. The van der Waals surface area contributed by atoms with Crippen LogP contribution < -0.4 is 5.32 Å². The van der Waals surface area contributed by atoms with Crippen molar-refractivity contribution < 1.29 is 14.7 Å². The van der Waals surface area contributed by atoms with E-state index in [9.17, 15) is 9.59 Å². The van der Waals surface area contributed by atoms with Crippen LogP contribution in [0.25, 0.3) is 0 Å². The van der Waals surface area contributed by atoms with Crippen molar-refractivity contribution in [2.75, 3.05) is 6.54 Å². The van der Waals surface area contributed by atoms with Crippen molar-refractivity contribution in [1.82, 2.24) is 5.32 Å². The van der Waals surface area contributed by atoms with Crippen LogP contribution in [0.5, 0.6) is 0 Å². The summed E-state index contributed by atoms with van der Waals surface area (Å²) in [6, 6.07) is 0. The Hall–Kier alpha value is -1.06. The largest absolute Gasteiger partial charge is 0.481 e. The highest BCUT2D eigenvalue weighted by Gasteiger charge is 2.20. The number of carbonyl (C=O) groups is 2. The van der Waals surface area contributed by atoms with Gasteiger partial charge in [-0.05, 0) is 19.3 Å². The topological polar surface area (TPSA) is 66.4 Å². The fourth-order valence-electron chi connectivity index (χ4n) is 1.88. The Morgan fingerprint density at radius 2 is 1.59 bits per heavy atom. The summed E-state index contributed by atoms with van der Waals surface area (Å²) in [5, 5.41) is 11.6. The van der Waals surface area contributed by atoms with E-state index in [1.54, 1.807) is 0 Å². The number of rotatable bonds is 9. The SMILES string of the molecule is CCCC(CCC)C(=O)NCC(CC)C(=O)O. The number of carboxylic acids is 1. The van der Waals surface area contributed by atoms with E-state index in [0.29, 0.717) is 6.42 Å². The lowest BCUT2D eigenvalue weighted by atomic mass is 9.97. The van der Waals surface area contributed by atoms with Crippen molar-refractivity contribution in [3.8, 4) is 0 Å². The molecule has 0 spiro atoms. The van der Waals surface area contributed by atoms with Crippen LogP contribution in [-0.2, 0) is 9.59 Å². The minimum atomic E-state index is -0.838. The van der Waals surface area contributed by atoms with E-state index in [1.165, 1.54) is 0 Å². The first-order valence-electron chi connectivity index (χ1n) is 6.57. The van der Waals surface area contributed by atoms with Crippen LogP contribution >= 0.6 is 0 Å². The van der Waals surface area contributed by atoms with E-state index in [1.807, 2.05) is 6.92 Å². The van der Waals surface area contributed by atoms with E-state index in [0.717, 1.165) is 25.7 Å². The zero-order valence-corrected chi connectivity index (χ0v) is 11.2. The third-order valence-corrected chi connectivity index (χ3v) is 3.01. The van der Waals surface area contributed by atoms with Gasteiger partial charge in [0.25, 0.3) is 0 Å². The average Bonchev–Trinajstić information content (AvgIpc) is 2.28. The third kappa shape index (κ3) is 6.29. The molecule has 1 amide bonds. The Balaban J connectivity index is 4.16. The van der Waals surface area contributed by atoms with Crippen LogP contribution in [0.15, 0.2) is 0 Å². The number of carbonyl (C=O) groups excluding carboxylic acids is 1. The van der Waals surface area contributed by atoms with Gasteiger partial charge in [-0.15, -0.1) is 0 Å². The van der Waals surface area contributed by atoms with Crippen LogP contribution in [0.3, 0.4) is 0 Å². The quantitative estimate of drug-likeness (QED) is 0.653. The lowest BCUT2D eigenvalue weighted by Crippen LogP contribution is -2.36. The first-order valence-corrected chi connectivity index (χ1v) is 6.57. The molecule has 0 aliphatic heterocycles. The lowest BCUT2D eigenvalue weighted by Gasteiger charge is -2.17. The monoisotopic (exact) mass is 243 g/mol. The molecule has 2 N–H and O–H groups in total. The van der Waals surface area contributed by atoms with E-state index in [2.05, 4.69) is 19.2 Å². The maximum Gasteiger partial charge on any atom is 0.308 e. The van der Waals surface area contributed by atoms with E-state index in [4.69, 9.17) is 5.11 Å². The van der Waals surface area contributed by atoms with Gasteiger partial charge >= 0.3 is 5.97 Å². The predicted molar refractivity (Wildman–Crippen MR) is 67.7 cm³/mol. The minimum absolute atomic E-state index is 0.00778. The Morgan fingerprint density at radius 3 is 1.94 bits per heavy atom. The van der Waals surface area contributed by atoms with Crippen LogP contribution in [0.1, 0.15) is 52.9 Å². The van der Waals surface area contributed by atoms with Crippen molar-refractivity contribution in [2.45, 2.75) is 52.9 Å². The van der Waals surface area contributed by atoms with Crippen molar-refractivity contribution in [3.63, 3.8) is 0 Å². The fourth-order valence-corrected chi connectivity index (χ4v) is 1.88. The highest BCUT2D eigenvalue weighted by molar-refractivity contribution is 5.79. The van der Waals surface area contributed by atoms with Gasteiger partial charge in [0.2, 0.25) is 5.91 Å². The number of nitrogens with one attached hydrogen (secondary N) is 1. The summed E-state index contributed by atoms with van der Waals surface area (Å²) in [6.07, 6.45) is 4.26. The van der Waals surface area contributed by atoms with Crippen LogP contribution in [0.4, 0.5) is 0 Å². The van der Waals surface area contributed by atoms with Gasteiger partial charge in [-0.2, -0.15) is 0 Å². The van der Waals surface area contributed by atoms with Crippen molar-refractivity contribution in [1.29, 1.82) is 0 Å². The summed E-state index contributed by atoms with van der Waals surface area (Å²) in [5.41, 5.74) is 0. The van der Waals surface area contributed by atoms with Gasteiger partial charge in [-0.1, -0.05) is 33.6 Å². The minimum Gasteiger partial charge on any atom is -0.481 e. The summed E-state index contributed by atoms with van der Waals surface area (Å²) >= 11 is 0. The molecule has 0 bridgehead atoms. The molecule has 0 heterocycles. The molecule has 0 aliphatic rings. The molecular weight excluding hydrogens is 218 g/mol. The second-order valence-corrected chi connectivity index (χ2v) is 4.46. The zero-order chi connectivity index (χ0) is 13.3. The lowest BCUT2D eigenvalue weighted by molar-refractivity contribution is -0.141. The molecule has 0 radical (unpaired) electrons. The van der Waals surface area contributed by atoms with Crippen molar-refractivity contribution in [3.05, 3.63) is 0 Å². The van der Waals surface area contributed by atoms with Gasteiger partial charge in [0.1, 0.15) is 0 Å². The first-order chi connectivity index (χ1) is 8.06. The predicted octanol–water partition coefficient (Wildman–Crippen LogP) is 2.43. The second-order valence-electron chi connectivity index (χ2n) is 4.46. The van der Waals surface area contributed by atoms with Crippen LogP contribution in [-0.4, -0.2) is 23.5 Å². The van der Waals surface area contributed by atoms with Crippen molar-refractivity contribution >= 4 is 11.9 Å². The zero-order valence-electron chi connectivity index (χ0n) is 11.2. The molecule has 0 rings (SSSR count). The van der Waals surface area contributed by atoms with Crippen LogP contribution in [0.2, 0.25) is 0 Å². The maximum absolute atomic E-state index is 11.9. The standard InChI is InChI=1S/C13H25NO3/c1-4-7-11(8-5-2)12(15)14-9-10(6-3)13(16)17/h10-11H,4-9H2,1-3H3,(H,14,15)(H,16,17). The summed E-state index contributed by atoms with van der Waals surface area (Å²) < 4.78 is 0. The molecule has 0 aliphatic carbocycles. The summed E-state index contributed by atoms with van der Waals surface area (Å²) in [4.78, 5) is 22.7. The maximum atomic E-state index is 11.9. The van der Waals surface area contributed by atoms with Gasteiger partial charge in [-0.3, -0.25) is 9.59 Å². The third-order valence-electron chi connectivity index (χ3n) is 3.01. The molecule has 0 fully saturated rings. The number of carboxylic acid groups (broad SMARTS) is 1. The number of hydrogen-bond acceptors (Lipinski definition) is 2. The average molecular weight is 243 g/mol. The number of aliphatic carboxylic acids is 1. The normalized spacial score (nSPS) is 12.5. The second kappa shape index (κ2) is 9.02. The van der Waals surface area contributed by atoms with E-state index in [-0.39, 0.29) is 18.4 Å². The van der Waals surface area contributed by atoms with Crippen molar-refractivity contribution in [2.24, 2.45) is 11.8 Å². The summed E-state index contributed by atoms with van der Waals surface area (Å²) in [6.45, 7) is 6.18. The van der Waals surface area contributed by atoms with Crippen LogP contribution in [0, 0.1) is 11.8 Å². The van der Waals surface area contributed by atoms with Gasteiger partial charge in [0.15, 0.2) is 0 Å². The molecule has 1 unspecified atom stereocenters. The summed E-state index contributed by atoms with van der Waals surface area (Å²) in [7, 11) is 0. The van der Waals surface area contributed by atoms with Gasteiger partial charge in [-0.25, -0.2) is 0 Å². The fraction of sp³-hybridized carbons (Fsp3) is 0.846. The summed E-state index contributed by atoms with van der Waals surface area (Å²) in [5.74, 6) is -1.26. The van der Waals surface area contributed by atoms with Gasteiger partial charge in [0, 0.05) is 12.5 Å². The molecule has 0 saturated carbocycles.